The van der Waals surface area contributed by atoms with E-state index in [1.54, 1.807) is 6.92 Å². The molecule has 0 heterocycles. The van der Waals surface area contributed by atoms with Gasteiger partial charge in [0.2, 0.25) is 0 Å². The lowest BCUT2D eigenvalue weighted by Gasteiger charge is -2.22. The first-order chi connectivity index (χ1) is 7.52. The number of benzene rings is 1. The second kappa shape index (κ2) is 5.99. The van der Waals surface area contributed by atoms with Gasteiger partial charge in [-0.05, 0) is 13.3 Å². The Bertz CT molecular complexity index is 330. The zero-order valence-electron chi connectivity index (χ0n) is 10.6. The van der Waals surface area contributed by atoms with Crippen molar-refractivity contribution in [2.75, 3.05) is 0 Å². The molecule has 0 aliphatic carbocycles. The van der Waals surface area contributed by atoms with E-state index >= 15 is 0 Å². The first-order valence-corrected chi connectivity index (χ1v) is 9.28. The van der Waals surface area contributed by atoms with E-state index in [0.29, 0.717) is 5.78 Å². The fourth-order valence-corrected chi connectivity index (χ4v) is 4.49. The molecule has 1 aromatic carbocycles. The number of rotatable bonds is 6. The van der Waals surface area contributed by atoms with Gasteiger partial charge < -0.3 is 4.79 Å². The molecule has 2 heteroatoms. The van der Waals surface area contributed by atoms with Crippen LogP contribution in [-0.2, 0) is 4.79 Å². The second-order valence-electron chi connectivity index (χ2n) is 5.16. The molecular weight excluding hydrogens is 212 g/mol. The first-order valence-electron chi connectivity index (χ1n) is 6.07. The fraction of sp³-hybridized carbons (Fsp3) is 0.500. The molecule has 0 aliphatic heterocycles. The van der Waals surface area contributed by atoms with Crippen LogP contribution in [0.1, 0.15) is 26.2 Å². The van der Waals surface area contributed by atoms with E-state index in [4.69, 9.17) is 0 Å². The van der Waals surface area contributed by atoms with E-state index < -0.39 is 8.07 Å². The topological polar surface area (TPSA) is 17.1 Å². The summed E-state index contributed by atoms with van der Waals surface area (Å²) in [6.07, 6.45) is 2.99. The third kappa shape index (κ3) is 4.31. The molecule has 0 saturated heterocycles. The predicted octanol–water partition coefficient (Wildman–Crippen LogP) is 3.36. The molecule has 0 aromatic heterocycles. The Kier molecular flexibility index (Phi) is 4.94. The molecule has 0 aliphatic rings. The zero-order valence-corrected chi connectivity index (χ0v) is 11.6. The molecule has 0 N–H and O–H groups in total. The first kappa shape index (κ1) is 13.2. The van der Waals surface area contributed by atoms with Gasteiger partial charge >= 0.3 is 0 Å². The molecule has 1 rings (SSSR count). The Morgan fingerprint density at radius 2 is 1.75 bits per heavy atom. The van der Waals surface area contributed by atoms with Gasteiger partial charge in [0.15, 0.2) is 0 Å². The van der Waals surface area contributed by atoms with Crippen LogP contribution < -0.4 is 5.19 Å². The molecule has 0 atom stereocenters. The molecule has 0 unspecified atom stereocenters. The van der Waals surface area contributed by atoms with E-state index in [2.05, 4.69) is 43.4 Å². The van der Waals surface area contributed by atoms with Crippen LogP contribution in [0.3, 0.4) is 0 Å². The summed E-state index contributed by atoms with van der Waals surface area (Å²) in [6, 6.07) is 12.1. The monoisotopic (exact) mass is 234 g/mol. The minimum atomic E-state index is -1.26. The van der Waals surface area contributed by atoms with Gasteiger partial charge in [-0.25, -0.2) is 0 Å². The lowest BCUT2D eigenvalue weighted by atomic mass is 10.2. The van der Waals surface area contributed by atoms with Gasteiger partial charge in [-0.3, -0.25) is 0 Å². The fourth-order valence-electron chi connectivity index (χ4n) is 1.97. The molecule has 1 nitrogen and oxygen atoms in total. The molecule has 88 valence electrons. The van der Waals surface area contributed by atoms with Gasteiger partial charge in [-0.1, -0.05) is 61.1 Å². The Labute approximate surface area is 99.9 Å². The molecule has 0 spiro atoms. The Balaban J connectivity index is 2.43. The largest absolute Gasteiger partial charge is 0.300 e. The van der Waals surface area contributed by atoms with Gasteiger partial charge in [0.05, 0.1) is 8.07 Å². The van der Waals surface area contributed by atoms with Crippen LogP contribution in [0.4, 0.5) is 0 Å². The van der Waals surface area contributed by atoms with Crippen molar-refractivity contribution in [3.63, 3.8) is 0 Å². The second-order valence-corrected chi connectivity index (χ2v) is 10.0. The minimum absolute atomic E-state index is 0.319. The van der Waals surface area contributed by atoms with Gasteiger partial charge in [-0.15, -0.1) is 0 Å². The summed E-state index contributed by atoms with van der Waals surface area (Å²) in [5.74, 6) is 0.319. The van der Waals surface area contributed by atoms with Gasteiger partial charge in [0.25, 0.3) is 0 Å². The molecular formula is C14H22OSi. The Morgan fingerprint density at radius 3 is 2.31 bits per heavy atom. The van der Waals surface area contributed by atoms with Crippen molar-refractivity contribution in [3.8, 4) is 0 Å². The summed E-state index contributed by atoms with van der Waals surface area (Å²) in [7, 11) is -1.26. The minimum Gasteiger partial charge on any atom is -0.300 e. The summed E-state index contributed by atoms with van der Waals surface area (Å²) in [6.45, 7) is 6.51. The molecule has 0 amide bonds. The summed E-state index contributed by atoms with van der Waals surface area (Å²) >= 11 is 0. The molecule has 1 aromatic rings. The maximum atomic E-state index is 10.8. The van der Waals surface area contributed by atoms with Crippen molar-refractivity contribution in [3.05, 3.63) is 30.3 Å². The maximum Gasteiger partial charge on any atom is 0.129 e. The zero-order chi connectivity index (χ0) is 12.0. The van der Waals surface area contributed by atoms with E-state index in [1.165, 1.54) is 17.7 Å². The average molecular weight is 234 g/mol. The van der Waals surface area contributed by atoms with Gasteiger partial charge in [0, 0.05) is 6.42 Å². The van der Waals surface area contributed by atoms with Gasteiger partial charge in [0.1, 0.15) is 5.78 Å². The average Bonchev–Trinajstić information content (AvgIpc) is 2.26. The quantitative estimate of drug-likeness (QED) is 0.545. The number of hydrogen-bond acceptors (Lipinski definition) is 1. The van der Waals surface area contributed by atoms with Crippen LogP contribution >= 0.6 is 0 Å². The van der Waals surface area contributed by atoms with Crippen LogP contribution in [0.15, 0.2) is 30.3 Å². The van der Waals surface area contributed by atoms with Crippen molar-refractivity contribution in [2.24, 2.45) is 0 Å². The van der Waals surface area contributed by atoms with Crippen LogP contribution in [0.5, 0.6) is 0 Å². The lowest BCUT2D eigenvalue weighted by molar-refractivity contribution is -0.117. The SMILES string of the molecule is CC(=O)CCCC[Si](C)(C)c1ccccc1. The van der Waals surface area contributed by atoms with Gasteiger partial charge in [-0.2, -0.15) is 0 Å². The number of Topliss-reactive ketones (excluding diaryl/α,β-unsaturated/α-hetero) is 1. The molecule has 0 saturated carbocycles. The highest BCUT2D eigenvalue weighted by Crippen LogP contribution is 2.14. The van der Waals surface area contributed by atoms with E-state index in [9.17, 15) is 4.79 Å². The van der Waals surface area contributed by atoms with Crippen molar-refractivity contribution in [2.45, 2.75) is 45.3 Å². The summed E-state index contributed by atoms with van der Waals surface area (Å²) in [4.78, 5) is 10.8. The van der Waals surface area contributed by atoms with Crippen LogP contribution in [0.2, 0.25) is 19.1 Å². The Hall–Kier alpha value is -0.893. The van der Waals surface area contributed by atoms with Crippen molar-refractivity contribution >= 4 is 19.0 Å². The predicted molar refractivity (Wildman–Crippen MR) is 72.9 cm³/mol. The highest BCUT2D eigenvalue weighted by molar-refractivity contribution is 6.89. The lowest BCUT2D eigenvalue weighted by Crippen LogP contribution is -2.40. The Morgan fingerprint density at radius 1 is 1.12 bits per heavy atom. The van der Waals surface area contributed by atoms with Crippen LogP contribution in [0, 0.1) is 0 Å². The summed E-state index contributed by atoms with van der Waals surface area (Å²) < 4.78 is 0. The van der Waals surface area contributed by atoms with Crippen molar-refractivity contribution in [1.29, 1.82) is 0 Å². The third-order valence-electron chi connectivity index (χ3n) is 3.14. The molecule has 0 radical (unpaired) electrons. The van der Waals surface area contributed by atoms with Crippen molar-refractivity contribution < 1.29 is 4.79 Å². The number of ketones is 1. The number of carbonyl (C=O) groups excluding carboxylic acids is 1. The van der Waals surface area contributed by atoms with Crippen LogP contribution in [-0.4, -0.2) is 13.9 Å². The van der Waals surface area contributed by atoms with E-state index in [-0.39, 0.29) is 0 Å². The normalized spacial score (nSPS) is 11.4. The number of hydrogen-bond donors (Lipinski definition) is 0. The summed E-state index contributed by atoms with van der Waals surface area (Å²) in [5, 5.41) is 1.53. The summed E-state index contributed by atoms with van der Waals surface area (Å²) in [5.41, 5.74) is 0. The smallest absolute Gasteiger partial charge is 0.129 e. The highest BCUT2D eigenvalue weighted by Gasteiger charge is 2.21. The molecule has 0 bridgehead atoms. The third-order valence-corrected chi connectivity index (χ3v) is 6.64. The van der Waals surface area contributed by atoms with E-state index in [0.717, 1.165) is 12.8 Å². The van der Waals surface area contributed by atoms with Crippen LogP contribution in [0.25, 0.3) is 0 Å². The van der Waals surface area contributed by atoms with Crippen molar-refractivity contribution in [1.82, 2.24) is 0 Å². The molecule has 16 heavy (non-hydrogen) atoms. The molecule has 0 fully saturated rings. The maximum absolute atomic E-state index is 10.8. The standard InChI is InChI=1S/C14H22OSi/c1-13(15)9-7-8-12-16(2,3)14-10-5-4-6-11-14/h4-6,10-11H,7-9,12H2,1-3H3. The highest BCUT2D eigenvalue weighted by atomic mass is 28.3. The van der Waals surface area contributed by atoms with E-state index in [1.807, 2.05) is 0 Å². The number of unbranched alkanes of at least 4 members (excludes halogenated alkanes) is 1. The number of carbonyl (C=O) groups is 1.